The van der Waals surface area contributed by atoms with E-state index in [2.05, 4.69) is 15.7 Å². The van der Waals surface area contributed by atoms with Gasteiger partial charge in [-0.25, -0.2) is 4.98 Å². The van der Waals surface area contributed by atoms with Crippen molar-refractivity contribution in [2.75, 3.05) is 6.54 Å². The van der Waals surface area contributed by atoms with Gasteiger partial charge >= 0.3 is 0 Å². The minimum absolute atomic E-state index is 0.359. The van der Waals surface area contributed by atoms with Crippen molar-refractivity contribution in [1.29, 1.82) is 0 Å². The van der Waals surface area contributed by atoms with Gasteiger partial charge in [-0.3, -0.25) is 0 Å². The van der Waals surface area contributed by atoms with E-state index in [1.54, 1.807) is 17.4 Å². The van der Waals surface area contributed by atoms with Crippen LogP contribution in [0.2, 0.25) is 0 Å². The molecule has 2 rings (SSSR count). The highest BCUT2D eigenvalue weighted by Crippen LogP contribution is 2.17. The van der Waals surface area contributed by atoms with Crippen molar-refractivity contribution >= 4 is 11.3 Å². The van der Waals surface area contributed by atoms with Gasteiger partial charge in [0, 0.05) is 36.1 Å². The average Bonchev–Trinajstić information content (AvgIpc) is 2.75. The number of phenols is 1. The Bertz CT molecular complexity index is 522. The van der Waals surface area contributed by atoms with E-state index in [1.807, 2.05) is 26.0 Å². The number of thiazole rings is 1. The largest absolute Gasteiger partial charge is 0.508 e. The van der Waals surface area contributed by atoms with Crippen LogP contribution in [0.1, 0.15) is 21.8 Å². The van der Waals surface area contributed by atoms with Crippen LogP contribution in [0.4, 0.5) is 0 Å². The van der Waals surface area contributed by atoms with E-state index in [-0.39, 0.29) is 0 Å². The molecule has 4 heteroatoms. The van der Waals surface area contributed by atoms with Gasteiger partial charge in [-0.2, -0.15) is 0 Å². The Kier molecular flexibility index (Phi) is 4.33. The highest BCUT2D eigenvalue weighted by Gasteiger charge is 2.02. The highest BCUT2D eigenvalue weighted by molar-refractivity contribution is 7.09. The Morgan fingerprint density at radius 3 is 2.89 bits per heavy atom. The molecule has 0 fully saturated rings. The number of nitrogens with zero attached hydrogens (tertiary/aromatic N) is 1. The lowest BCUT2D eigenvalue weighted by atomic mass is 10.1. The van der Waals surface area contributed by atoms with Crippen molar-refractivity contribution in [3.8, 4) is 5.75 Å². The average molecular weight is 262 g/mol. The van der Waals surface area contributed by atoms with E-state index >= 15 is 0 Å². The standard InChI is InChI=1S/C14H18N2OS/c1-10-3-4-13(17)12(7-10)8-15-6-5-14-16-11(2)9-18-14/h3-4,7,9,15,17H,5-6,8H2,1-2H3. The summed E-state index contributed by atoms with van der Waals surface area (Å²) in [5, 5.41) is 16.3. The first kappa shape index (κ1) is 13.1. The summed E-state index contributed by atoms with van der Waals surface area (Å²) in [5.41, 5.74) is 3.21. The molecule has 1 heterocycles. The van der Waals surface area contributed by atoms with Crippen molar-refractivity contribution < 1.29 is 5.11 Å². The molecule has 0 saturated heterocycles. The van der Waals surface area contributed by atoms with Crippen LogP contribution in [0.25, 0.3) is 0 Å². The van der Waals surface area contributed by atoms with Crippen LogP contribution < -0.4 is 5.32 Å². The summed E-state index contributed by atoms with van der Waals surface area (Å²) in [6.07, 6.45) is 0.936. The second kappa shape index (κ2) is 5.98. The van der Waals surface area contributed by atoms with Gasteiger partial charge in [0.2, 0.25) is 0 Å². The van der Waals surface area contributed by atoms with Crippen molar-refractivity contribution in [2.24, 2.45) is 0 Å². The molecule has 1 aromatic carbocycles. The molecule has 0 radical (unpaired) electrons. The molecule has 0 spiro atoms. The first-order chi connectivity index (χ1) is 8.65. The van der Waals surface area contributed by atoms with Crippen molar-refractivity contribution in [2.45, 2.75) is 26.8 Å². The normalized spacial score (nSPS) is 10.8. The molecular formula is C14H18N2OS. The zero-order chi connectivity index (χ0) is 13.0. The molecule has 3 nitrogen and oxygen atoms in total. The van der Waals surface area contributed by atoms with E-state index in [9.17, 15) is 5.11 Å². The van der Waals surface area contributed by atoms with Crippen LogP contribution in [0.3, 0.4) is 0 Å². The number of aryl methyl sites for hydroxylation is 2. The number of hydrogen-bond donors (Lipinski definition) is 2. The number of benzene rings is 1. The van der Waals surface area contributed by atoms with Gasteiger partial charge in [-0.1, -0.05) is 17.7 Å². The number of rotatable bonds is 5. The second-order valence-electron chi connectivity index (χ2n) is 4.44. The Labute approximate surface area is 112 Å². The van der Waals surface area contributed by atoms with Gasteiger partial charge in [0.1, 0.15) is 5.75 Å². The number of hydrogen-bond acceptors (Lipinski definition) is 4. The third kappa shape index (κ3) is 3.55. The summed E-state index contributed by atoms with van der Waals surface area (Å²) in [4.78, 5) is 4.42. The summed E-state index contributed by atoms with van der Waals surface area (Å²) >= 11 is 1.70. The van der Waals surface area contributed by atoms with Crippen LogP contribution in [0.15, 0.2) is 23.6 Å². The summed E-state index contributed by atoms with van der Waals surface area (Å²) in [5.74, 6) is 0.359. The summed E-state index contributed by atoms with van der Waals surface area (Å²) in [6.45, 7) is 5.61. The molecule has 0 saturated carbocycles. The Morgan fingerprint density at radius 2 is 2.17 bits per heavy atom. The van der Waals surface area contributed by atoms with Gasteiger partial charge < -0.3 is 10.4 Å². The van der Waals surface area contributed by atoms with E-state index in [0.717, 1.165) is 29.2 Å². The molecule has 0 atom stereocenters. The first-order valence-electron chi connectivity index (χ1n) is 6.05. The van der Waals surface area contributed by atoms with Gasteiger partial charge in [0.25, 0.3) is 0 Å². The van der Waals surface area contributed by atoms with E-state index < -0.39 is 0 Å². The third-order valence-corrected chi connectivity index (χ3v) is 3.76. The topological polar surface area (TPSA) is 45.1 Å². The lowest BCUT2D eigenvalue weighted by molar-refractivity contribution is 0.464. The zero-order valence-corrected chi connectivity index (χ0v) is 11.5. The SMILES string of the molecule is Cc1ccc(O)c(CNCCc2nc(C)cs2)c1. The Balaban J connectivity index is 1.80. The molecule has 0 unspecified atom stereocenters. The Hall–Kier alpha value is -1.39. The number of aromatic hydroxyl groups is 1. The molecule has 96 valence electrons. The van der Waals surface area contributed by atoms with Gasteiger partial charge in [-0.15, -0.1) is 11.3 Å². The predicted octanol–water partition coefficient (Wildman–Crippen LogP) is 2.80. The molecule has 0 aliphatic rings. The summed E-state index contributed by atoms with van der Waals surface area (Å²) in [6, 6.07) is 5.67. The quantitative estimate of drug-likeness (QED) is 0.814. The fraction of sp³-hybridized carbons (Fsp3) is 0.357. The van der Waals surface area contributed by atoms with E-state index in [1.165, 1.54) is 5.56 Å². The second-order valence-corrected chi connectivity index (χ2v) is 5.38. The smallest absolute Gasteiger partial charge is 0.120 e. The van der Waals surface area contributed by atoms with Crippen molar-refractivity contribution in [3.05, 3.63) is 45.4 Å². The molecule has 0 bridgehead atoms. The van der Waals surface area contributed by atoms with E-state index in [4.69, 9.17) is 0 Å². The summed E-state index contributed by atoms with van der Waals surface area (Å²) in [7, 11) is 0. The van der Waals surface area contributed by atoms with Crippen LogP contribution in [0.5, 0.6) is 5.75 Å². The fourth-order valence-corrected chi connectivity index (χ4v) is 2.57. The molecule has 0 aliphatic carbocycles. The van der Waals surface area contributed by atoms with Crippen molar-refractivity contribution in [3.63, 3.8) is 0 Å². The maximum absolute atomic E-state index is 9.70. The zero-order valence-electron chi connectivity index (χ0n) is 10.7. The van der Waals surface area contributed by atoms with Crippen LogP contribution >= 0.6 is 11.3 Å². The van der Waals surface area contributed by atoms with Crippen LogP contribution in [-0.4, -0.2) is 16.6 Å². The minimum Gasteiger partial charge on any atom is -0.508 e. The first-order valence-corrected chi connectivity index (χ1v) is 6.93. The van der Waals surface area contributed by atoms with Crippen molar-refractivity contribution in [1.82, 2.24) is 10.3 Å². The molecule has 2 aromatic rings. The predicted molar refractivity (Wildman–Crippen MR) is 75.1 cm³/mol. The maximum Gasteiger partial charge on any atom is 0.120 e. The minimum atomic E-state index is 0.359. The van der Waals surface area contributed by atoms with Gasteiger partial charge in [-0.05, 0) is 19.9 Å². The third-order valence-electron chi connectivity index (χ3n) is 2.73. The number of nitrogens with one attached hydrogen (secondary N) is 1. The Morgan fingerprint density at radius 1 is 1.33 bits per heavy atom. The molecular weight excluding hydrogens is 244 g/mol. The van der Waals surface area contributed by atoms with Crippen LogP contribution in [-0.2, 0) is 13.0 Å². The fourth-order valence-electron chi connectivity index (χ4n) is 1.79. The lowest BCUT2D eigenvalue weighted by Gasteiger charge is -2.07. The van der Waals surface area contributed by atoms with Crippen LogP contribution in [0, 0.1) is 13.8 Å². The molecule has 0 amide bonds. The monoisotopic (exact) mass is 262 g/mol. The van der Waals surface area contributed by atoms with Gasteiger partial charge in [0.15, 0.2) is 0 Å². The molecule has 18 heavy (non-hydrogen) atoms. The van der Waals surface area contributed by atoms with Gasteiger partial charge in [0.05, 0.1) is 5.01 Å². The summed E-state index contributed by atoms with van der Waals surface area (Å²) < 4.78 is 0. The molecule has 1 aromatic heterocycles. The lowest BCUT2D eigenvalue weighted by Crippen LogP contribution is -2.16. The molecule has 0 aliphatic heterocycles. The van der Waals surface area contributed by atoms with E-state index in [0.29, 0.717) is 12.3 Å². The maximum atomic E-state index is 9.70. The highest BCUT2D eigenvalue weighted by atomic mass is 32.1. The molecule has 2 N–H and O–H groups in total. The number of phenolic OH excluding ortho intramolecular Hbond substituents is 1. The number of aromatic nitrogens is 1.